The summed E-state index contributed by atoms with van der Waals surface area (Å²) in [5.74, 6) is -0.827. The minimum Gasteiger partial charge on any atom is -0.425 e. The van der Waals surface area contributed by atoms with Gasteiger partial charge in [0, 0.05) is 0 Å². The molecule has 0 saturated carbocycles. The van der Waals surface area contributed by atoms with E-state index >= 15 is 0 Å². The molecule has 2 aromatic carbocycles. The van der Waals surface area contributed by atoms with Crippen LogP contribution >= 0.6 is 0 Å². The molecule has 0 saturated heterocycles. The average molecular weight is 337 g/mol. The predicted octanol–water partition coefficient (Wildman–Crippen LogP) is 3.40. The molecule has 0 N–H and O–H groups in total. The molecule has 2 aromatic rings. The lowest BCUT2D eigenvalue weighted by molar-refractivity contribution is -0.138. The van der Waals surface area contributed by atoms with Crippen molar-refractivity contribution in [3.05, 3.63) is 65.2 Å². The number of imide groups is 1. The van der Waals surface area contributed by atoms with Crippen molar-refractivity contribution in [2.45, 2.75) is 32.7 Å². The molecule has 128 valence electrons. The monoisotopic (exact) mass is 337 g/mol. The summed E-state index contributed by atoms with van der Waals surface area (Å²) in [5.41, 5.74) is 1.76. The number of hydrogen-bond acceptors (Lipinski definition) is 4. The minimum absolute atomic E-state index is 0.313. The molecule has 1 unspecified atom stereocenters. The number of ether oxygens (including phenoxy) is 1. The summed E-state index contributed by atoms with van der Waals surface area (Å²) >= 11 is 0. The van der Waals surface area contributed by atoms with Gasteiger partial charge >= 0.3 is 5.97 Å². The van der Waals surface area contributed by atoms with Crippen molar-refractivity contribution in [3.8, 4) is 5.75 Å². The van der Waals surface area contributed by atoms with Gasteiger partial charge in [-0.2, -0.15) is 0 Å². The smallest absolute Gasteiger partial charge is 0.334 e. The number of carbonyl (C=O) groups excluding carboxylic acids is 3. The topological polar surface area (TPSA) is 63.7 Å². The highest BCUT2D eigenvalue weighted by Gasteiger charge is 2.41. The molecule has 1 aliphatic heterocycles. The van der Waals surface area contributed by atoms with Crippen molar-refractivity contribution in [3.63, 3.8) is 0 Å². The van der Waals surface area contributed by atoms with Crippen molar-refractivity contribution < 1.29 is 19.1 Å². The molecule has 1 aliphatic rings. The van der Waals surface area contributed by atoms with Crippen LogP contribution in [0.4, 0.5) is 0 Å². The zero-order valence-corrected chi connectivity index (χ0v) is 14.4. The summed E-state index contributed by atoms with van der Waals surface area (Å²) in [6, 6.07) is 12.7. The van der Waals surface area contributed by atoms with Crippen LogP contribution < -0.4 is 4.74 Å². The van der Waals surface area contributed by atoms with Gasteiger partial charge in [-0.05, 0) is 42.7 Å². The van der Waals surface area contributed by atoms with Gasteiger partial charge in [-0.1, -0.05) is 38.1 Å². The van der Waals surface area contributed by atoms with Crippen LogP contribution in [0.25, 0.3) is 0 Å². The number of carbonyl (C=O) groups is 3. The van der Waals surface area contributed by atoms with Gasteiger partial charge in [0.2, 0.25) is 0 Å². The molecule has 5 nitrogen and oxygen atoms in total. The molecule has 5 heteroatoms. The lowest BCUT2D eigenvalue weighted by atomic mass is 10.0. The van der Waals surface area contributed by atoms with E-state index in [1.165, 1.54) is 6.92 Å². The largest absolute Gasteiger partial charge is 0.425 e. The third-order valence-electron chi connectivity index (χ3n) is 4.32. The predicted molar refractivity (Wildman–Crippen MR) is 92.6 cm³/mol. The molecule has 1 heterocycles. The highest BCUT2D eigenvalue weighted by atomic mass is 16.5. The number of amides is 2. The first kappa shape index (κ1) is 16.9. The van der Waals surface area contributed by atoms with Crippen molar-refractivity contribution in [2.24, 2.45) is 0 Å². The van der Waals surface area contributed by atoms with Crippen LogP contribution in [0.15, 0.2) is 48.5 Å². The lowest BCUT2D eigenvalue weighted by Gasteiger charge is -2.20. The van der Waals surface area contributed by atoms with Gasteiger partial charge in [0.05, 0.1) is 11.1 Å². The van der Waals surface area contributed by atoms with Crippen LogP contribution in [0, 0.1) is 0 Å². The van der Waals surface area contributed by atoms with Crippen molar-refractivity contribution >= 4 is 17.8 Å². The number of nitrogens with zero attached hydrogens (tertiary/aromatic N) is 1. The standard InChI is InChI=1S/C20H19NO4/c1-12(2)14-8-10-15(11-9-14)25-20(24)13(3)21-18(22)16-6-4-5-7-17(16)19(21)23/h4-13H,1-3H3. The average Bonchev–Trinajstić information content (AvgIpc) is 2.86. The first-order chi connectivity index (χ1) is 11.9. The molecule has 3 rings (SSSR count). The van der Waals surface area contributed by atoms with E-state index in [1.807, 2.05) is 12.1 Å². The van der Waals surface area contributed by atoms with Crippen LogP contribution in [-0.2, 0) is 4.79 Å². The normalized spacial score (nSPS) is 14.6. The number of esters is 1. The molecule has 0 fully saturated rings. The first-order valence-electron chi connectivity index (χ1n) is 8.18. The second-order valence-corrected chi connectivity index (χ2v) is 6.35. The van der Waals surface area contributed by atoms with Crippen LogP contribution in [0.3, 0.4) is 0 Å². The summed E-state index contributed by atoms with van der Waals surface area (Å²) in [4.78, 5) is 38.2. The molecule has 1 atom stereocenters. The minimum atomic E-state index is -1.00. The molecule has 0 radical (unpaired) electrons. The van der Waals surface area contributed by atoms with Gasteiger partial charge < -0.3 is 4.74 Å². The van der Waals surface area contributed by atoms with Crippen molar-refractivity contribution in [2.75, 3.05) is 0 Å². The molecule has 2 amide bonds. The van der Waals surface area contributed by atoms with E-state index in [9.17, 15) is 14.4 Å². The van der Waals surface area contributed by atoms with Crippen molar-refractivity contribution in [1.29, 1.82) is 0 Å². The van der Waals surface area contributed by atoms with Crippen LogP contribution in [0.2, 0.25) is 0 Å². The number of hydrogen-bond donors (Lipinski definition) is 0. The van der Waals surface area contributed by atoms with E-state index in [-0.39, 0.29) is 0 Å². The van der Waals surface area contributed by atoms with Gasteiger partial charge in [-0.25, -0.2) is 4.79 Å². The van der Waals surface area contributed by atoms with Gasteiger partial charge in [0.15, 0.2) is 0 Å². The van der Waals surface area contributed by atoms with E-state index in [2.05, 4.69) is 13.8 Å². The third kappa shape index (κ3) is 3.05. The van der Waals surface area contributed by atoms with Gasteiger partial charge in [0.25, 0.3) is 11.8 Å². The Hall–Kier alpha value is -2.95. The van der Waals surface area contributed by atoms with E-state index in [4.69, 9.17) is 4.74 Å². The highest BCUT2D eigenvalue weighted by molar-refractivity contribution is 6.22. The Morgan fingerprint density at radius 2 is 1.40 bits per heavy atom. The maximum Gasteiger partial charge on any atom is 0.334 e. The van der Waals surface area contributed by atoms with Crippen LogP contribution in [0.5, 0.6) is 5.75 Å². The Kier molecular flexibility index (Phi) is 4.40. The van der Waals surface area contributed by atoms with E-state index in [0.717, 1.165) is 10.5 Å². The van der Waals surface area contributed by atoms with Gasteiger partial charge in [0.1, 0.15) is 11.8 Å². The van der Waals surface area contributed by atoms with Gasteiger partial charge in [-0.3, -0.25) is 14.5 Å². The Morgan fingerprint density at radius 3 is 1.88 bits per heavy atom. The summed E-state index contributed by atoms with van der Waals surface area (Å²) in [5, 5.41) is 0. The summed E-state index contributed by atoms with van der Waals surface area (Å²) < 4.78 is 5.33. The molecule has 0 spiro atoms. The molecule has 0 aromatic heterocycles. The fraction of sp³-hybridized carbons (Fsp3) is 0.250. The second-order valence-electron chi connectivity index (χ2n) is 6.35. The number of benzene rings is 2. The van der Waals surface area contributed by atoms with E-state index in [0.29, 0.717) is 22.8 Å². The summed E-state index contributed by atoms with van der Waals surface area (Å²) in [7, 11) is 0. The molecule has 0 aliphatic carbocycles. The first-order valence-corrected chi connectivity index (χ1v) is 8.18. The number of rotatable bonds is 4. The Bertz CT molecular complexity index is 804. The fourth-order valence-corrected chi connectivity index (χ4v) is 2.79. The summed E-state index contributed by atoms with van der Waals surface area (Å²) in [6.07, 6.45) is 0. The lowest BCUT2D eigenvalue weighted by Crippen LogP contribution is -2.44. The molecule has 0 bridgehead atoms. The maximum atomic E-state index is 12.4. The highest BCUT2D eigenvalue weighted by Crippen LogP contribution is 2.25. The van der Waals surface area contributed by atoms with Crippen LogP contribution in [0.1, 0.15) is 53.0 Å². The van der Waals surface area contributed by atoms with Gasteiger partial charge in [-0.15, -0.1) is 0 Å². The quantitative estimate of drug-likeness (QED) is 0.487. The molecule has 25 heavy (non-hydrogen) atoms. The SMILES string of the molecule is CC(C)c1ccc(OC(=O)C(C)N2C(=O)c3ccccc3C2=O)cc1. The van der Waals surface area contributed by atoms with E-state index < -0.39 is 23.8 Å². The molecular formula is C20H19NO4. The zero-order chi connectivity index (χ0) is 18.1. The zero-order valence-electron chi connectivity index (χ0n) is 14.4. The fourth-order valence-electron chi connectivity index (χ4n) is 2.79. The Morgan fingerprint density at radius 1 is 0.880 bits per heavy atom. The van der Waals surface area contributed by atoms with E-state index in [1.54, 1.807) is 36.4 Å². The van der Waals surface area contributed by atoms with Crippen molar-refractivity contribution in [1.82, 2.24) is 4.90 Å². The molecular weight excluding hydrogens is 318 g/mol. The number of fused-ring (bicyclic) bond motifs is 1. The summed E-state index contributed by atoms with van der Waals surface area (Å²) in [6.45, 7) is 5.64. The third-order valence-corrected chi connectivity index (χ3v) is 4.32. The Labute approximate surface area is 146 Å². The Balaban J connectivity index is 1.75. The van der Waals surface area contributed by atoms with Crippen LogP contribution in [-0.4, -0.2) is 28.7 Å². The second kappa shape index (κ2) is 6.51. The maximum absolute atomic E-state index is 12.4.